The van der Waals surface area contributed by atoms with E-state index in [1.54, 1.807) is 0 Å². The van der Waals surface area contributed by atoms with Crippen LogP contribution in [0.1, 0.15) is 0 Å². The average molecular weight is 654 g/mol. The molecule has 0 atom stereocenters. The summed E-state index contributed by atoms with van der Waals surface area (Å²) in [5.41, 5.74) is 9.40. The van der Waals surface area contributed by atoms with Gasteiger partial charge in [0.15, 0.2) is 0 Å². The Labute approximate surface area is 291 Å². The van der Waals surface area contributed by atoms with Crippen molar-refractivity contribution in [1.82, 2.24) is 14.5 Å². The third-order valence-corrected chi connectivity index (χ3v) is 11.3. The number of benzene rings is 8. The molecule has 0 aliphatic carbocycles. The fourth-order valence-corrected chi connectivity index (χ4v) is 8.97. The molecule has 0 unspecified atom stereocenters. The number of aromatic nitrogens is 3. The Kier molecular flexibility index (Phi) is 5.83. The molecule has 11 rings (SSSR count). The number of nitrogens with zero attached hydrogens (tertiary/aromatic N) is 3. The predicted octanol–water partition coefficient (Wildman–Crippen LogP) is 12.7. The van der Waals surface area contributed by atoms with Crippen LogP contribution < -0.4 is 0 Å². The minimum atomic E-state index is 0.897. The lowest BCUT2D eigenvalue weighted by Gasteiger charge is -2.12. The van der Waals surface area contributed by atoms with E-state index < -0.39 is 0 Å². The van der Waals surface area contributed by atoms with Gasteiger partial charge in [-0.15, -0.1) is 11.3 Å². The van der Waals surface area contributed by atoms with E-state index in [0.717, 1.165) is 33.5 Å². The molecule has 3 nitrogen and oxygen atoms in total. The molecule has 4 heteroatoms. The van der Waals surface area contributed by atoms with Crippen molar-refractivity contribution in [2.75, 3.05) is 0 Å². The molecule has 0 spiro atoms. The van der Waals surface area contributed by atoms with Crippen LogP contribution in [-0.4, -0.2) is 14.5 Å². The molecule has 11 aromatic rings. The summed E-state index contributed by atoms with van der Waals surface area (Å²) in [5, 5.41) is 10.1. The molecule has 0 aliphatic rings. The molecule has 0 aliphatic heterocycles. The Morgan fingerprint density at radius 3 is 1.64 bits per heavy atom. The van der Waals surface area contributed by atoms with Crippen molar-refractivity contribution < 1.29 is 0 Å². The normalized spacial score (nSPS) is 12.0. The molecular formula is C46H27N3S. The van der Waals surface area contributed by atoms with E-state index in [4.69, 9.17) is 9.97 Å². The molecule has 3 aromatic heterocycles. The van der Waals surface area contributed by atoms with E-state index in [0.29, 0.717) is 0 Å². The summed E-state index contributed by atoms with van der Waals surface area (Å²) in [6, 6.07) is 58.9. The first-order chi connectivity index (χ1) is 24.8. The molecule has 0 bridgehead atoms. The lowest BCUT2D eigenvalue weighted by atomic mass is 10.0. The Balaban J connectivity index is 1.16. The number of rotatable bonds is 3. The van der Waals surface area contributed by atoms with Gasteiger partial charge < -0.3 is 4.57 Å². The quantitative estimate of drug-likeness (QED) is 0.190. The average Bonchev–Trinajstić information content (AvgIpc) is 3.73. The summed E-state index contributed by atoms with van der Waals surface area (Å²) in [6.45, 7) is 0. The van der Waals surface area contributed by atoms with Crippen molar-refractivity contribution in [3.63, 3.8) is 0 Å². The molecule has 0 saturated heterocycles. The first-order valence-corrected chi connectivity index (χ1v) is 17.7. The van der Waals surface area contributed by atoms with Crippen LogP contribution in [0.3, 0.4) is 0 Å². The smallest absolute Gasteiger partial charge is 0.0973 e. The first kappa shape index (κ1) is 27.6. The summed E-state index contributed by atoms with van der Waals surface area (Å²) in [6.07, 6.45) is 0. The van der Waals surface area contributed by atoms with Crippen LogP contribution in [0.5, 0.6) is 0 Å². The number of para-hydroxylation sites is 2. The lowest BCUT2D eigenvalue weighted by molar-refractivity contribution is 1.20. The van der Waals surface area contributed by atoms with Crippen molar-refractivity contribution >= 4 is 85.9 Å². The van der Waals surface area contributed by atoms with Crippen LogP contribution in [0.2, 0.25) is 0 Å². The van der Waals surface area contributed by atoms with Crippen molar-refractivity contribution in [2.24, 2.45) is 0 Å². The monoisotopic (exact) mass is 653 g/mol. The van der Waals surface area contributed by atoms with Gasteiger partial charge in [-0.1, -0.05) is 127 Å². The molecule has 3 heterocycles. The highest BCUT2D eigenvalue weighted by atomic mass is 32.1. The number of hydrogen-bond donors (Lipinski definition) is 0. The van der Waals surface area contributed by atoms with Gasteiger partial charge in [0, 0.05) is 58.5 Å². The zero-order chi connectivity index (χ0) is 32.8. The fourth-order valence-electron chi connectivity index (χ4n) is 7.85. The summed E-state index contributed by atoms with van der Waals surface area (Å²) in [4.78, 5) is 10.3. The Morgan fingerprint density at radius 2 is 0.960 bits per heavy atom. The third kappa shape index (κ3) is 4.03. The second-order valence-electron chi connectivity index (χ2n) is 13.0. The van der Waals surface area contributed by atoms with Crippen molar-refractivity contribution in [3.8, 4) is 28.2 Å². The largest absolute Gasteiger partial charge is 0.308 e. The summed E-state index contributed by atoms with van der Waals surface area (Å²) < 4.78 is 5.02. The van der Waals surface area contributed by atoms with Crippen LogP contribution in [0.25, 0.3) is 103 Å². The van der Waals surface area contributed by atoms with Crippen molar-refractivity contribution in [3.05, 3.63) is 164 Å². The fraction of sp³-hybridized carbons (Fsp3) is 0. The lowest BCUT2D eigenvalue weighted by Crippen LogP contribution is -1.95. The minimum Gasteiger partial charge on any atom is -0.308 e. The van der Waals surface area contributed by atoms with Crippen molar-refractivity contribution in [1.29, 1.82) is 0 Å². The SMILES string of the molecule is c1ccc(-c2nc3ccccc3nc2-c2ccc3sc4cc(-n5c6c7ccccc7ccc6c6ccc7ccccc7c65)ccc4c3c2)cc1. The number of hydrogen-bond acceptors (Lipinski definition) is 3. The highest BCUT2D eigenvalue weighted by Gasteiger charge is 2.19. The zero-order valence-corrected chi connectivity index (χ0v) is 27.7. The Bertz CT molecular complexity index is 3060. The van der Waals surface area contributed by atoms with Gasteiger partial charge >= 0.3 is 0 Å². The van der Waals surface area contributed by atoms with Crippen molar-refractivity contribution in [2.45, 2.75) is 0 Å². The molecule has 0 fully saturated rings. The van der Waals surface area contributed by atoms with E-state index in [1.807, 2.05) is 41.7 Å². The second kappa shape index (κ2) is 10.6. The van der Waals surface area contributed by atoms with E-state index in [2.05, 4.69) is 138 Å². The second-order valence-corrected chi connectivity index (χ2v) is 14.1. The zero-order valence-electron chi connectivity index (χ0n) is 26.8. The topological polar surface area (TPSA) is 30.7 Å². The Hall–Kier alpha value is -6.36. The van der Waals surface area contributed by atoms with E-state index in [9.17, 15) is 0 Å². The number of fused-ring (bicyclic) bond motifs is 11. The minimum absolute atomic E-state index is 0.897. The molecule has 232 valence electrons. The highest BCUT2D eigenvalue weighted by Crippen LogP contribution is 2.43. The maximum atomic E-state index is 5.19. The van der Waals surface area contributed by atoms with Gasteiger partial charge in [-0.05, 0) is 47.2 Å². The van der Waals surface area contributed by atoms with Crippen LogP contribution in [0.4, 0.5) is 0 Å². The maximum absolute atomic E-state index is 5.19. The van der Waals surface area contributed by atoms with E-state index >= 15 is 0 Å². The summed E-state index contributed by atoms with van der Waals surface area (Å²) >= 11 is 1.85. The Morgan fingerprint density at radius 1 is 0.380 bits per heavy atom. The highest BCUT2D eigenvalue weighted by molar-refractivity contribution is 7.25. The molecule has 0 radical (unpaired) electrons. The van der Waals surface area contributed by atoms with Gasteiger partial charge in [-0.3, -0.25) is 0 Å². The molecule has 0 saturated carbocycles. The van der Waals surface area contributed by atoms with Crippen LogP contribution in [-0.2, 0) is 0 Å². The van der Waals surface area contributed by atoms with E-state index in [1.165, 1.54) is 69.2 Å². The van der Waals surface area contributed by atoms with Gasteiger partial charge in [0.1, 0.15) is 0 Å². The third-order valence-electron chi connectivity index (χ3n) is 10.1. The van der Waals surface area contributed by atoms with Gasteiger partial charge in [0.2, 0.25) is 0 Å². The number of thiophene rings is 1. The van der Waals surface area contributed by atoms with Crippen LogP contribution in [0, 0.1) is 0 Å². The molecule has 0 amide bonds. The molecule has 8 aromatic carbocycles. The molecular weight excluding hydrogens is 627 g/mol. The van der Waals surface area contributed by atoms with Crippen LogP contribution >= 0.6 is 11.3 Å². The summed E-state index contributed by atoms with van der Waals surface area (Å²) in [5.74, 6) is 0. The van der Waals surface area contributed by atoms with Gasteiger partial charge in [0.05, 0.1) is 33.5 Å². The first-order valence-electron chi connectivity index (χ1n) is 16.9. The predicted molar refractivity (Wildman–Crippen MR) is 213 cm³/mol. The molecule has 50 heavy (non-hydrogen) atoms. The van der Waals surface area contributed by atoms with Gasteiger partial charge in [0.25, 0.3) is 0 Å². The summed E-state index contributed by atoms with van der Waals surface area (Å²) in [7, 11) is 0. The van der Waals surface area contributed by atoms with Gasteiger partial charge in [-0.25, -0.2) is 9.97 Å². The van der Waals surface area contributed by atoms with Crippen LogP contribution in [0.15, 0.2) is 164 Å². The molecule has 0 N–H and O–H groups in total. The van der Waals surface area contributed by atoms with Gasteiger partial charge in [-0.2, -0.15) is 0 Å². The standard InChI is InChI=1S/C46H27N3S/c1-2-12-30(13-3-1)43-44(48-40-17-9-8-16-39(40)47-43)31-20-25-41-38(26-31)35-24-21-32(27-42(35)50-41)49-45-33-14-6-4-10-28(33)18-22-36(45)37-23-19-29-11-5-7-15-34(29)46(37)49/h1-27H. The maximum Gasteiger partial charge on any atom is 0.0973 e. The van der Waals surface area contributed by atoms with E-state index in [-0.39, 0.29) is 0 Å².